The summed E-state index contributed by atoms with van der Waals surface area (Å²) in [6.45, 7) is 1.50. The van der Waals surface area contributed by atoms with Gasteiger partial charge in [0.2, 0.25) is 5.78 Å². The van der Waals surface area contributed by atoms with Gasteiger partial charge < -0.3 is 31.5 Å². The third-order valence-corrected chi connectivity index (χ3v) is 7.86. The highest BCUT2D eigenvalue weighted by molar-refractivity contribution is 6.24. The number of hydrogen-bond donors (Lipinski definition) is 6. The second-order valence-electron chi connectivity index (χ2n) is 10.1. The second-order valence-corrected chi connectivity index (χ2v) is 10.1. The molecule has 0 bridgehead atoms. The Morgan fingerprint density at radius 2 is 1.92 bits per heavy atom. The van der Waals surface area contributed by atoms with Crippen LogP contribution in [0.4, 0.5) is 4.39 Å². The van der Waals surface area contributed by atoms with Gasteiger partial charge in [-0.25, -0.2) is 4.39 Å². The maximum absolute atomic E-state index is 13.9. The molecule has 7 N–H and O–H groups in total. The number of nitrogens with two attached hydrogens (primary N) is 1. The summed E-state index contributed by atoms with van der Waals surface area (Å²) in [5, 5.41) is 47.8. The van der Waals surface area contributed by atoms with Gasteiger partial charge in [0.15, 0.2) is 11.4 Å². The van der Waals surface area contributed by atoms with Crippen LogP contribution >= 0.6 is 0 Å². The number of carbonyl (C=O) groups is 3. The summed E-state index contributed by atoms with van der Waals surface area (Å²) in [6.07, 6.45) is 0.832. The fourth-order valence-corrected chi connectivity index (χ4v) is 6.19. The van der Waals surface area contributed by atoms with E-state index in [-0.39, 0.29) is 42.8 Å². The number of nitrogens with zero attached hydrogens (tertiary/aromatic N) is 1. The van der Waals surface area contributed by atoms with E-state index in [1.165, 1.54) is 4.90 Å². The third-order valence-electron chi connectivity index (χ3n) is 7.86. The number of aryl methyl sites for hydroxylation is 1. The standard InChI is InChI=1S/C26H32FN3O7/c1-4-11-7-13(10-29-6-5-27)20(31)17-14(11)8-12-9-15-19(30(2)3)22(33)18(25(28)36)24(35)26(15,37)23(34)16(12)21(17)32/h7,12,15,19,29,31-32,35,37H,4-6,8-10H2,1-3H3,(H2,28,36)/t12-,15-,19-,26-/m0/s1. The highest BCUT2D eigenvalue weighted by atomic mass is 19.1. The minimum atomic E-state index is -2.67. The lowest BCUT2D eigenvalue weighted by Crippen LogP contribution is -2.65. The van der Waals surface area contributed by atoms with Crippen molar-refractivity contribution in [3.8, 4) is 5.75 Å². The molecule has 200 valence electrons. The Kier molecular flexibility index (Phi) is 6.91. The van der Waals surface area contributed by atoms with Crippen LogP contribution in [0.5, 0.6) is 5.75 Å². The number of alkyl halides is 1. The minimum Gasteiger partial charge on any atom is -0.508 e. The first-order valence-corrected chi connectivity index (χ1v) is 12.2. The van der Waals surface area contributed by atoms with E-state index in [0.717, 1.165) is 5.56 Å². The normalized spacial score (nSPS) is 27.4. The van der Waals surface area contributed by atoms with Gasteiger partial charge in [-0.2, -0.15) is 0 Å². The number of carbonyl (C=O) groups excluding carboxylic acids is 3. The van der Waals surface area contributed by atoms with Gasteiger partial charge >= 0.3 is 0 Å². The molecule has 0 saturated heterocycles. The summed E-state index contributed by atoms with van der Waals surface area (Å²) in [5.74, 6) is -6.78. The van der Waals surface area contributed by atoms with E-state index in [1.54, 1.807) is 20.2 Å². The van der Waals surface area contributed by atoms with Crippen molar-refractivity contribution in [2.24, 2.45) is 17.6 Å². The molecular formula is C26H32FN3O7. The molecule has 11 heteroatoms. The highest BCUT2D eigenvalue weighted by Gasteiger charge is 2.64. The molecular weight excluding hydrogens is 485 g/mol. The molecule has 37 heavy (non-hydrogen) atoms. The first-order chi connectivity index (χ1) is 17.4. The van der Waals surface area contributed by atoms with Crippen LogP contribution in [-0.2, 0) is 33.8 Å². The van der Waals surface area contributed by atoms with Crippen LogP contribution < -0.4 is 11.1 Å². The van der Waals surface area contributed by atoms with Gasteiger partial charge in [-0.1, -0.05) is 13.0 Å². The van der Waals surface area contributed by atoms with Gasteiger partial charge in [-0.15, -0.1) is 0 Å². The number of aromatic hydroxyl groups is 1. The predicted octanol–water partition coefficient (Wildman–Crippen LogP) is 0.586. The SMILES string of the molecule is CCc1cc(CNCCF)c(O)c2c1C[C@H]1C[C@H]3[C@H](N(C)C)C(=O)C(C(N)=O)=C(O)[C@@]3(O)C(=O)C1=C2O. The number of fused-ring (bicyclic) bond motifs is 3. The number of phenolic OH excluding ortho intramolecular Hbond substituents is 1. The fourth-order valence-electron chi connectivity index (χ4n) is 6.19. The van der Waals surface area contributed by atoms with Crippen LogP contribution in [0.2, 0.25) is 0 Å². The number of nitrogens with one attached hydrogen (secondary N) is 1. The molecule has 1 aromatic rings. The minimum absolute atomic E-state index is 0.0372. The molecule has 10 nitrogen and oxygen atoms in total. The molecule has 1 amide bonds. The zero-order chi connectivity index (χ0) is 27.4. The predicted molar refractivity (Wildman–Crippen MR) is 131 cm³/mol. The number of halogens is 1. The molecule has 3 aliphatic rings. The van der Waals surface area contributed by atoms with Crippen LogP contribution in [0.25, 0.3) is 5.76 Å². The Bertz CT molecular complexity index is 1260. The van der Waals surface area contributed by atoms with E-state index in [4.69, 9.17) is 5.73 Å². The number of ketones is 2. The smallest absolute Gasteiger partial charge is 0.255 e. The monoisotopic (exact) mass is 517 g/mol. The molecule has 4 rings (SSSR count). The molecule has 0 aliphatic heterocycles. The van der Waals surface area contributed by atoms with Gasteiger partial charge in [0.1, 0.15) is 29.5 Å². The zero-order valence-corrected chi connectivity index (χ0v) is 21.0. The van der Waals surface area contributed by atoms with Crippen molar-refractivity contribution in [1.29, 1.82) is 0 Å². The van der Waals surface area contributed by atoms with Crippen LogP contribution in [0.3, 0.4) is 0 Å². The number of phenols is 1. The first kappa shape index (κ1) is 26.8. The number of likely N-dealkylation sites (N-methyl/N-ethyl adjacent to an activating group) is 1. The Morgan fingerprint density at radius 1 is 1.24 bits per heavy atom. The zero-order valence-electron chi connectivity index (χ0n) is 21.0. The van der Waals surface area contributed by atoms with Gasteiger partial charge in [-0.05, 0) is 50.4 Å². The molecule has 0 spiro atoms. The van der Waals surface area contributed by atoms with Crippen molar-refractivity contribution in [3.63, 3.8) is 0 Å². The molecule has 0 unspecified atom stereocenters. The van der Waals surface area contributed by atoms with E-state index >= 15 is 0 Å². The first-order valence-electron chi connectivity index (χ1n) is 12.2. The number of primary amides is 1. The van der Waals surface area contributed by atoms with Crippen molar-refractivity contribution in [1.82, 2.24) is 10.2 Å². The van der Waals surface area contributed by atoms with E-state index in [9.17, 15) is 39.2 Å². The number of aliphatic hydroxyl groups excluding tert-OH is 2. The summed E-state index contributed by atoms with van der Waals surface area (Å²) in [6, 6.07) is 0.652. The second kappa shape index (κ2) is 9.55. The summed E-state index contributed by atoms with van der Waals surface area (Å²) >= 11 is 0. The van der Waals surface area contributed by atoms with Crippen molar-refractivity contribution >= 4 is 23.2 Å². The molecule has 4 atom stereocenters. The third kappa shape index (κ3) is 3.84. The van der Waals surface area contributed by atoms with E-state index in [1.807, 2.05) is 6.92 Å². The number of rotatable bonds is 7. The van der Waals surface area contributed by atoms with Gasteiger partial charge in [0.05, 0.1) is 11.6 Å². The Hall–Kier alpha value is -3.28. The van der Waals surface area contributed by atoms with Gasteiger partial charge in [0.25, 0.3) is 5.91 Å². The van der Waals surface area contributed by atoms with Gasteiger partial charge in [-0.3, -0.25) is 19.3 Å². The molecule has 1 fully saturated rings. The molecule has 0 heterocycles. The Balaban J connectivity index is 1.93. The van der Waals surface area contributed by atoms with Crippen molar-refractivity contribution < 1.29 is 39.2 Å². The van der Waals surface area contributed by atoms with E-state index < -0.39 is 64.7 Å². The number of amides is 1. The topological polar surface area (TPSA) is 173 Å². The molecule has 3 aliphatic carbocycles. The lowest BCUT2D eigenvalue weighted by Gasteiger charge is -2.50. The van der Waals surface area contributed by atoms with Crippen molar-refractivity contribution in [3.05, 3.63) is 45.2 Å². The molecule has 1 aromatic carbocycles. The van der Waals surface area contributed by atoms with Crippen LogP contribution in [0, 0.1) is 11.8 Å². The maximum atomic E-state index is 13.9. The summed E-state index contributed by atoms with van der Waals surface area (Å²) < 4.78 is 12.6. The van der Waals surface area contributed by atoms with E-state index in [0.29, 0.717) is 17.5 Å². The number of Topliss-reactive ketones (excluding diaryl/α,β-unsaturated/α-hetero) is 2. The number of benzene rings is 1. The highest BCUT2D eigenvalue weighted by Crippen LogP contribution is 2.53. The lowest BCUT2D eigenvalue weighted by molar-refractivity contribution is -0.153. The Labute approximate surface area is 213 Å². The average Bonchev–Trinajstić information content (AvgIpc) is 2.82. The van der Waals surface area contributed by atoms with Crippen LogP contribution in [0.15, 0.2) is 23.0 Å². The molecule has 1 saturated carbocycles. The fraction of sp³-hybridized carbons (Fsp3) is 0.500. The summed E-state index contributed by atoms with van der Waals surface area (Å²) in [4.78, 5) is 40.5. The summed E-state index contributed by atoms with van der Waals surface area (Å²) in [5.41, 5.74) is 3.54. The Morgan fingerprint density at radius 3 is 2.49 bits per heavy atom. The van der Waals surface area contributed by atoms with Crippen LogP contribution in [-0.4, -0.2) is 81.8 Å². The molecule has 0 aromatic heterocycles. The van der Waals surface area contributed by atoms with Crippen LogP contribution in [0.1, 0.15) is 35.6 Å². The molecule has 0 radical (unpaired) electrons. The maximum Gasteiger partial charge on any atom is 0.255 e. The largest absolute Gasteiger partial charge is 0.508 e. The lowest BCUT2D eigenvalue weighted by atomic mass is 9.57. The van der Waals surface area contributed by atoms with Gasteiger partial charge in [0, 0.05) is 30.1 Å². The van der Waals surface area contributed by atoms with E-state index in [2.05, 4.69) is 5.32 Å². The average molecular weight is 518 g/mol. The van der Waals surface area contributed by atoms with Crippen molar-refractivity contribution in [2.75, 3.05) is 27.3 Å². The van der Waals surface area contributed by atoms with Crippen molar-refractivity contribution in [2.45, 2.75) is 44.4 Å². The quantitative estimate of drug-likeness (QED) is 0.223. The summed E-state index contributed by atoms with van der Waals surface area (Å²) in [7, 11) is 3.11. The number of aliphatic hydroxyl groups is 3. The number of hydrogen-bond acceptors (Lipinski definition) is 9.